The molecule has 0 spiro atoms. The van der Waals surface area contributed by atoms with E-state index in [2.05, 4.69) is 0 Å². The number of fused-ring (bicyclic) bond motifs is 1. The third-order valence-electron chi connectivity index (χ3n) is 2.25. The van der Waals surface area contributed by atoms with Crippen LogP contribution in [0.3, 0.4) is 0 Å². The molecule has 3 atom stereocenters. The van der Waals surface area contributed by atoms with Crippen LogP contribution >= 0.6 is 0 Å². The third-order valence-corrected chi connectivity index (χ3v) is 2.25. The van der Waals surface area contributed by atoms with Crippen molar-refractivity contribution in [1.29, 1.82) is 0 Å². The summed E-state index contributed by atoms with van der Waals surface area (Å²) in [5, 5.41) is 11.0. The van der Waals surface area contributed by atoms with Crippen LogP contribution in [0.5, 0.6) is 0 Å². The standard InChI is InChI=1S/C7H12NO3/c1-8(9)11-5-2-3-6-7(4-5)10-6/h5-7H,2-4H2,1H3/q-1. The highest BCUT2D eigenvalue weighted by Gasteiger charge is 2.44. The van der Waals surface area contributed by atoms with Gasteiger partial charge in [0.2, 0.25) is 0 Å². The molecule has 4 nitrogen and oxygen atoms in total. The molecule has 0 radical (unpaired) electrons. The Bertz CT molecular complexity index is 149. The van der Waals surface area contributed by atoms with Gasteiger partial charge in [0.1, 0.15) is 0 Å². The molecule has 0 aromatic heterocycles. The maximum atomic E-state index is 10.5. The first-order chi connectivity index (χ1) is 5.25. The summed E-state index contributed by atoms with van der Waals surface area (Å²) in [6, 6.07) is 0. The van der Waals surface area contributed by atoms with E-state index in [0.717, 1.165) is 19.3 Å². The first kappa shape index (κ1) is 7.49. The van der Waals surface area contributed by atoms with E-state index in [1.54, 1.807) is 0 Å². The highest BCUT2D eigenvalue weighted by Crippen LogP contribution is 2.37. The van der Waals surface area contributed by atoms with Crippen LogP contribution in [0.15, 0.2) is 0 Å². The van der Waals surface area contributed by atoms with Crippen LogP contribution in [0.1, 0.15) is 19.3 Å². The van der Waals surface area contributed by atoms with Crippen molar-refractivity contribution in [2.24, 2.45) is 0 Å². The Hall–Kier alpha value is -0.160. The average Bonchev–Trinajstić information content (AvgIpc) is 2.63. The summed E-state index contributed by atoms with van der Waals surface area (Å²) < 4.78 is 5.29. The van der Waals surface area contributed by atoms with Crippen LogP contribution in [-0.2, 0) is 9.57 Å². The maximum absolute atomic E-state index is 10.5. The fourth-order valence-corrected chi connectivity index (χ4v) is 1.67. The SMILES string of the molecule is CN([O-])OC1CCC2OC2C1. The van der Waals surface area contributed by atoms with E-state index in [0.29, 0.717) is 17.4 Å². The molecule has 2 fully saturated rings. The molecule has 11 heavy (non-hydrogen) atoms. The Kier molecular flexibility index (Phi) is 1.85. The molecule has 64 valence electrons. The molecule has 2 rings (SSSR count). The molecule has 0 aromatic rings. The lowest BCUT2D eigenvalue weighted by atomic mass is 9.98. The van der Waals surface area contributed by atoms with Gasteiger partial charge in [-0.15, -0.1) is 0 Å². The number of epoxide rings is 1. The van der Waals surface area contributed by atoms with Gasteiger partial charge < -0.3 is 14.8 Å². The van der Waals surface area contributed by atoms with Gasteiger partial charge in [-0.3, -0.25) is 5.23 Å². The fourth-order valence-electron chi connectivity index (χ4n) is 1.67. The zero-order valence-corrected chi connectivity index (χ0v) is 6.53. The molecule has 0 N–H and O–H groups in total. The zero-order valence-electron chi connectivity index (χ0n) is 6.53. The van der Waals surface area contributed by atoms with Crippen LogP contribution in [0.25, 0.3) is 0 Å². The van der Waals surface area contributed by atoms with E-state index in [1.807, 2.05) is 0 Å². The van der Waals surface area contributed by atoms with Crippen molar-refractivity contribution >= 4 is 0 Å². The molecule has 1 saturated carbocycles. The van der Waals surface area contributed by atoms with Gasteiger partial charge in [-0.1, -0.05) is 0 Å². The average molecular weight is 158 g/mol. The Morgan fingerprint density at radius 3 is 2.91 bits per heavy atom. The Morgan fingerprint density at radius 2 is 2.27 bits per heavy atom. The minimum atomic E-state index is 0.0845. The van der Waals surface area contributed by atoms with E-state index in [4.69, 9.17) is 9.57 Å². The van der Waals surface area contributed by atoms with Crippen LogP contribution in [0, 0.1) is 5.21 Å². The van der Waals surface area contributed by atoms with E-state index in [9.17, 15) is 5.21 Å². The number of hydrogen-bond acceptors (Lipinski definition) is 4. The number of hydrogen-bond donors (Lipinski definition) is 0. The second-order valence-corrected chi connectivity index (χ2v) is 3.19. The van der Waals surface area contributed by atoms with Crippen molar-refractivity contribution in [2.45, 2.75) is 37.6 Å². The minimum absolute atomic E-state index is 0.0845. The first-order valence-electron chi connectivity index (χ1n) is 3.99. The number of hydroxylamine groups is 2. The van der Waals surface area contributed by atoms with Crippen molar-refractivity contribution < 1.29 is 9.57 Å². The molecule has 0 amide bonds. The van der Waals surface area contributed by atoms with Gasteiger partial charge in [0.25, 0.3) is 0 Å². The molecular weight excluding hydrogens is 146 g/mol. The van der Waals surface area contributed by atoms with E-state index in [-0.39, 0.29) is 6.10 Å². The van der Waals surface area contributed by atoms with E-state index in [1.165, 1.54) is 7.05 Å². The number of ether oxygens (including phenoxy) is 1. The highest BCUT2D eigenvalue weighted by molar-refractivity contribution is 4.92. The summed E-state index contributed by atoms with van der Waals surface area (Å²) in [5.74, 6) is 0. The summed E-state index contributed by atoms with van der Waals surface area (Å²) in [6.45, 7) is 0. The lowest BCUT2D eigenvalue weighted by Crippen LogP contribution is -2.27. The monoisotopic (exact) mass is 158 g/mol. The topological polar surface area (TPSA) is 48.1 Å². The summed E-state index contributed by atoms with van der Waals surface area (Å²) >= 11 is 0. The largest absolute Gasteiger partial charge is 0.762 e. The summed E-state index contributed by atoms with van der Waals surface area (Å²) in [5.41, 5.74) is 0. The second-order valence-electron chi connectivity index (χ2n) is 3.19. The van der Waals surface area contributed by atoms with Crippen LogP contribution in [-0.4, -0.2) is 30.6 Å². The Labute approximate surface area is 65.6 Å². The van der Waals surface area contributed by atoms with Gasteiger partial charge >= 0.3 is 0 Å². The van der Waals surface area contributed by atoms with Crippen LogP contribution < -0.4 is 0 Å². The molecule has 0 bridgehead atoms. The van der Waals surface area contributed by atoms with Crippen LogP contribution in [0.2, 0.25) is 0 Å². The zero-order chi connectivity index (χ0) is 7.84. The van der Waals surface area contributed by atoms with E-state index >= 15 is 0 Å². The number of rotatable bonds is 2. The number of nitrogens with zero attached hydrogens (tertiary/aromatic N) is 1. The van der Waals surface area contributed by atoms with Crippen molar-refractivity contribution in [3.8, 4) is 0 Å². The van der Waals surface area contributed by atoms with Gasteiger partial charge in [-0.05, 0) is 19.9 Å². The summed E-state index contributed by atoms with van der Waals surface area (Å²) in [6.07, 6.45) is 3.83. The summed E-state index contributed by atoms with van der Waals surface area (Å²) in [7, 11) is 1.37. The van der Waals surface area contributed by atoms with Crippen molar-refractivity contribution in [2.75, 3.05) is 7.05 Å². The van der Waals surface area contributed by atoms with Gasteiger partial charge in [-0.2, -0.15) is 0 Å². The summed E-state index contributed by atoms with van der Waals surface area (Å²) in [4.78, 5) is 4.99. The maximum Gasteiger partial charge on any atom is 0.0867 e. The minimum Gasteiger partial charge on any atom is -0.762 e. The molecular formula is C7H12NO3-. The smallest absolute Gasteiger partial charge is 0.0867 e. The normalized spacial score (nSPS) is 42.3. The molecule has 1 saturated heterocycles. The van der Waals surface area contributed by atoms with Gasteiger partial charge in [0, 0.05) is 6.42 Å². The highest BCUT2D eigenvalue weighted by atomic mass is 16.9. The molecule has 4 heteroatoms. The molecule has 2 aliphatic rings. The Morgan fingerprint density at radius 1 is 1.45 bits per heavy atom. The molecule has 1 aliphatic heterocycles. The lowest BCUT2D eigenvalue weighted by molar-refractivity contribution is -0.155. The molecule has 0 aromatic carbocycles. The van der Waals surface area contributed by atoms with Crippen molar-refractivity contribution in [3.63, 3.8) is 0 Å². The van der Waals surface area contributed by atoms with Gasteiger partial charge in [0.05, 0.1) is 18.3 Å². The third kappa shape index (κ3) is 1.70. The van der Waals surface area contributed by atoms with Crippen LogP contribution in [0.4, 0.5) is 0 Å². The first-order valence-corrected chi connectivity index (χ1v) is 3.99. The van der Waals surface area contributed by atoms with Gasteiger partial charge in [0.15, 0.2) is 0 Å². The molecule has 3 unspecified atom stereocenters. The molecule has 1 aliphatic carbocycles. The molecule has 1 heterocycles. The van der Waals surface area contributed by atoms with Gasteiger partial charge in [-0.25, -0.2) is 0 Å². The van der Waals surface area contributed by atoms with Crippen molar-refractivity contribution in [1.82, 2.24) is 5.23 Å². The lowest BCUT2D eigenvalue weighted by Gasteiger charge is -2.28. The van der Waals surface area contributed by atoms with Crippen molar-refractivity contribution in [3.05, 3.63) is 5.21 Å². The quantitative estimate of drug-likeness (QED) is 0.437. The van der Waals surface area contributed by atoms with E-state index < -0.39 is 0 Å². The predicted octanol–water partition coefficient (Wildman–Crippen LogP) is 0.667. The fraction of sp³-hybridized carbons (Fsp3) is 1.00. The predicted molar refractivity (Wildman–Crippen MR) is 38.5 cm³/mol. The second kappa shape index (κ2) is 2.71. The Balaban J connectivity index is 1.76.